The van der Waals surface area contributed by atoms with Crippen LogP contribution in [-0.2, 0) is 14.6 Å². The first kappa shape index (κ1) is 10.0. The van der Waals surface area contributed by atoms with E-state index in [1.807, 2.05) is 0 Å². The van der Waals surface area contributed by atoms with Crippen LogP contribution in [-0.4, -0.2) is 38.1 Å². The van der Waals surface area contributed by atoms with E-state index in [1.165, 1.54) is 13.3 Å². The van der Waals surface area contributed by atoms with E-state index in [2.05, 4.69) is 14.9 Å². The molecule has 6 nitrogen and oxygen atoms in total. The van der Waals surface area contributed by atoms with Crippen molar-refractivity contribution >= 4 is 15.7 Å². The molecule has 0 aliphatic carbocycles. The number of nitrogens with zero attached hydrogens (tertiary/aromatic N) is 1. The molecule has 0 aliphatic heterocycles. The second kappa shape index (κ2) is 3.75. The molecule has 1 aromatic heterocycles. The Labute approximate surface area is 76.0 Å². The fraction of sp³-hybridized carbons (Fsp3) is 0.500. The molecule has 0 bridgehead atoms. The Morgan fingerprint density at radius 3 is 2.85 bits per heavy atom. The number of hydrogen-bond donors (Lipinski definition) is 2. The van der Waals surface area contributed by atoms with Gasteiger partial charge in [0, 0.05) is 7.11 Å². The maximum Gasteiger partial charge on any atom is 0.185 e. The van der Waals surface area contributed by atoms with E-state index in [0.717, 1.165) is 0 Å². The summed E-state index contributed by atoms with van der Waals surface area (Å²) in [4.78, 5) is 0.0320. The minimum atomic E-state index is -3.35. The quantitative estimate of drug-likeness (QED) is 0.684. The van der Waals surface area contributed by atoms with Gasteiger partial charge >= 0.3 is 0 Å². The molecule has 13 heavy (non-hydrogen) atoms. The Kier molecular flexibility index (Phi) is 2.89. The standard InChI is InChI=1S/C6H11N3O3S/c1-12-2-3-13(10,11)5-4-8-9-6(5)7/h4H,2-3H2,1H3,(H3,7,8,9). The minimum absolute atomic E-state index is 0.0320. The van der Waals surface area contributed by atoms with Crippen LogP contribution in [0, 0.1) is 0 Å². The minimum Gasteiger partial charge on any atom is -0.384 e. The van der Waals surface area contributed by atoms with Crippen molar-refractivity contribution in [3.63, 3.8) is 0 Å². The number of anilines is 1. The predicted octanol–water partition coefficient (Wildman–Crippen LogP) is -0.588. The van der Waals surface area contributed by atoms with Crippen LogP contribution in [0.25, 0.3) is 0 Å². The molecule has 0 saturated heterocycles. The number of H-pyrrole nitrogens is 1. The molecule has 0 amide bonds. The van der Waals surface area contributed by atoms with E-state index in [-0.39, 0.29) is 23.1 Å². The lowest BCUT2D eigenvalue weighted by molar-refractivity contribution is 0.217. The summed E-state index contributed by atoms with van der Waals surface area (Å²) in [7, 11) is -1.91. The van der Waals surface area contributed by atoms with Gasteiger partial charge in [0.1, 0.15) is 10.7 Å². The molecule has 74 valence electrons. The van der Waals surface area contributed by atoms with E-state index in [1.54, 1.807) is 0 Å². The second-order valence-corrected chi connectivity index (χ2v) is 4.54. The van der Waals surface area contributed by atoms with Crippen molar-refractivity contribution in [1.29, 1.82) is 0 Å². The zero-order valence-electron chi connectivity index (χ0n) is 7.15. The molecule has 1 heterocycles. The molecule has 7 heteroatoms. The van der Waals surface area contributed by atoms with Crippen LogP contribution in [0.3, 0.4) is 0 Å². The summed E-state index contributed by atoms with van der Waals surface area (Å²) in [5, 5.41) is 5.89. The molecule has 0 fully saturated rings. The molecule has 1 rings (SSSR count). The van der Waals surface area contributed by atoms with Gasteiger partial charge in [0.15, 0.2) is 9.84 Å². The van der Waals surface area contributed by atoms with Gasteiger partial charge in [-0.2, -0.15) is 5.10 Å². The first-order chi connectivity index (χ1) is 6.08. The SMILES string of the molecule is COCCS(=O)(=O)c1cn[nH]c1N. The Hall–Kier alpha value is -1.08. The Balaban J connectivity index is 2.88. The third-order valence-electron chi connectivity index (χ3n) is 1.52. The van der Waals surface area contributed by atoms with E-state index in [9.17, 15) is 8.42 Å². The van der Waals surface area contributed by atoms with Gasteiger partial charge in [-0.15, -0.1) is 0 Å². The average molecular weight is 205 g/mol. The predicted molar refractivity (Wildman–Crippen MR) is 46.9 cm³/mol. The summed E-state index contributed by atoms with van der Waals surface area (Å²) < 4.78 is 27.6. The van der Waals surface area contributed by atoms with Gasteiger partial charge in [-0.1, -0.05) is 0 Å². The highest BCUT2D eigenvalue weighted by molar-refractivity contribution is 7.91. The zero-order valence-corrected chi connectivity index (χ0v) is 7.97. The molecule has 0 unspecified atom stereocenters. The maximum absolute atomic E-state index is 11.5. The van der Waals surface area contributed by atoms with E-state index in [4.69, 9.17) is 5.73 Å². The molecule has 0 atom stereocenters. The molecule has 0 saturated carbocycles. The molecule has 3 N–H and O–H groups in total. The molecule has 0 radical (unpaired) electrons. The van der Waals surface area contributed by atoms with Crippen LogP contribution in [0.4, 0.5) is 5.82 Å². The summed E-state index contributed by atoms with van der Waals surface area (Å²) in [6.45, 7) is 0.146. The summed E-state index contributed by atoms with van der Waals surface area (Å²) in [6.07, 6.45) is 1.19. The number of hydrogen-bond acceptors (Lipinski definition) is 5. The van der Waals surface area contributed by atoms with Crippen molar-refractivity contribution in [2.45, 2.75) is 4.90 Å². The van der Waals surface area contributed by atoms with E-state index >= 15 is 0 Å². The van der Waals surface area contributed by atoms with E-state index in [0.29, 0.717) is 0 Å². The maximum atomic E-state index is 11.5. The monoisotopic (exact) mass is 205 g/mol. The van der Waals surface area contributed by atoms with E-state index < -0.39 is 9.84 Å². The lowest BCUT2D eigenvalue weighted by Crippen LogP contribution is -2.12. The largest absolute Gasteiger partial charge is 0.384 e. The summed E-state index contributed by atoms with van der Waals surface area (Å²) in [5.74, 6) is -0.0242. The second-order valence-electron chi connectivity index (χ2n) is 2.46. The topological polar surface area (TPSA) is 98.1 Å². The number of nitrogens with two attached hydrogens (primary N) is 1. The highest BCUT2D eigenvalue weighted by Gasteiger charge is 2.18. The fourth-order valence-electron chi connectivity index (χ4n) is 0.836. The number of rotatable bonds is 4. The van der Waals surface area contributed by atoms with Gasteiger partial charge in [-0.25, -0.2) is 8.42 Å². The molecule has 0 aromatic carbocycles. The Morgan fingerprint density at radius 1 is 1.69 bits per heavy atom. The average Bonchev–Trinajstić information content (AvgIpc) is 2.48. The van der Waals surface area contributed by atoms with Crippen molar-refractivity contribution in [2.75, 3.05) is 25.2 Å². The number of nitrogens with one attached hydrogen (secondary N) is 1. The van der Waals surface area contributed by atoms with Crippen LogP contribution in [0.1, 0.15) is 0 Å². The van der Waals surface area contributed by atoms with Gasteiger partial charge < -0.3 is 10.5 Å². The number of aromatic nitrogens is 2. The van der Waals surface area contributed by atoms with Gasteiger partial charge in [0.2, 0.25) is 0 Å². The van der Waals surface area contributed by atoms with Crippen molar-refractivity contribution in [3.8, 4) is 0 Å². The molecule has 0 aliphatic rings. The lowest BCUT2D eigenvalue weighted by atomic mass is 10.7. The summed E-state index contributed by atoms with van der Waals surface area (Å²) in [6, 6.07) is 0. The van der Waals surface area contributed by atoms with Crippen molar-refractivity contribution in [2.24, 2.45) is 0 Å². The number of methoxy groups -OCH3 is 1. The number of ether oxygens (including phenoxy) is 1. The lowest BCUT2D eigenvalue weighted by Gasteiger charge is -2.00. The molecule has 1 aromatic rings. The van der Waals surface area contributed by atoms with Crippen LogP contribution < -0.4 is 5.73 Å². The van der Waals surface area contributed by atoms with Gasteiger partial charge in [-0.3, -0.25) is 5.10 Å². The number of sulfone groups is 1. The first-order valence-corrected chi connectivity index (χ1v) is 5.23. The van der Waals surface area contributed by atoms with Crippen molar-refractivity contribution in [1.82, 2.24) is 10.2 Å². The van der Waals surface area contributed by atoms with Crippen LogP contribution in [0.5, 0.6) is 0 Å². The summed E-state index contributed by atoms with van der Waals surface area (Å²) in [5.41, 5.74) is 5.36. The van der Waals surface area contributed by atoms with Crippen LogP contribution >= 0.6 is 0 Å². The normalized spacial score (nSPS) is 11.8. The highest BCUT2D eigenvalue weighted by Crippen LogP contribution is 2.15. The number of nitrogen functional groups attached to an aromatic ring is 1. The first-order valence-electron chi connectivity index (χ1n) is 3.58. The fourth-order valence-corrected chi connectivity index (χ4v) is 2.04. The van der Waals surface area contributed by atoms with Crippen LogP contribution in [0.2, 0.25) is 0 Å². The van der Waals surface area contributed by atoms with Gasteiger partial charge in [0.05, 0.1) is 18.6 Å². The van der Waals surface area contributed by atoms with Gasteiger partial charge in [-0.05, 0) is 0 Å². The molecule has 0 spiro atoms. The zero-order chi connectivity index (χ0) is 9.90. The van der Waals surface area contributed by atoms with Crippen molar-refractivity contribution < 1.29 is 13.2 Å². The molecular formula is C6H11N3O3S. The smallest absolute Gasteiger partial charge is 0.185 e. The third kappa shape index (κ3) is 2.19. The Morgan fingerprint density at radius 2 is 2.38 bits per heavy atom. The van der Waals surface area contributed by atoms with Gasteiger partial charge in [0.25, 0.3) is 0 Å². The number of aromatic amines is 1. The summed E-state index contributed by atoms with van der Waals surface area (Å²) >= 11 is 0. The third-order valence-corrected chi connectivity index (χ3v) is 3.22. The highest BCUT2D eigenvalue weighted by atomic mass is 32.2. The van der Waals surface area contributed by atoms with Crippen LogP contribution in [0.15, 0.2) is 11.1 Å². The molecular weight excluding hydrogens is 194 g/mol. The van der Waals surface area contributed by atoms with Crippen molar-refractivity contribution in [3.05, 3.63) is 6.20 Å². The Bertz CT molecular complexity index is 370.